The predicted molar refractivity (Wildman–Crippen MR) is 112 cm³/mol. The third-order valence-electron chi connectivity index (χ3n) is 4.90. The van der Waals surface area contributed by atoms with E-state index < -0.39 is 24.3 Å². The summed E-state index contributed by atoms with van der Waals surface area (Å²) in [6.45, 7) is 2.19. The standard InChI is InChI=1S/C19H26N4O6S/c24-16(25)11-21-5-6-22(12-17(26)27)8-10-23(9-7-21)18(19(28)29)14-1-3-15(4-2-14)20-13-30/h1-4,16,18,24-25H,5-12H2,(H,26,27)(H,28,29). The Balaban J connectivity index is 2.26. The number of β-amino-alcohol motifs (C(OH)–C–C–N with tert-alkyl or cyclic N) is 2. The van der Waals surface area contributed by atoms with Crippen molar-refractivity contribution in [3.63, 3.8) is 0 Å². The van der Waals surface area contributed by atoms with Gasteiger partial charge in [-0.25, -0.2) is 0 Å². The molecule has 0 aliphatic carbocycles. The van der Waals surface area contributed by atoms with Gasteiger partial charge in [-0.05, 0) is 29.9 Å². The van der Waals surface area contributed by atoms with Gasteiger partial charge in [0, 0.05) is 45.8 Å². The van der Waals surface area contributed by atoms with Gasteiger partial charge >= 0.3 is 11.9 Å². The number of carboxylic acid groups (broad SMARTS) is 2. The Morgan fingerprint density at radius 3 is 2.10 bits per heavy atom. The summed E-state index contributed by atoms with van der Waals surface area (Å²) in [6.07, 6.45) is -1.53. The van der Waals surface area contributed by atoms with Gasteiger partial charge in [-0.3, -0.25) is 24.3 Å². The lowest BCUT2D eigenvalue weighted by molar-refractivity contribution is -0.144. The highest BCUT2D eigenvalue weighted by Gasteiger charge is 2.29. The molecule has 11 heteroatoms. The molecule has 1 aliphatic heterocycles. The maximum absolute atomic E-state index is 12.1. The monoisotopic (exact) mass is 438 g/mol. The molecule has 164 valence electrons. The van der Waals surface area contributed by atoms with Crippen LogP contribution in [0.25, 0.3) is 0 Å². The van der Waals surface area contributed by atoms with E-state index in [4.69, 9.17) is 5.11 Å². The molecular formula is C19H26N4O6S. The molecule has 0 aromatic heterocycles. The van der Waals surface area contributed by atoms with Gasteiger partial charge in [0.2, 0.25) is 0 Å². The van der Waals surface area contributed by atoms with Crippen LogP contribution in [0.3, 0.4) is 0 Å². The molecule has 1 saturated heterocycles. The van der Waals surface area contributed by atoms with Gasteiger partial charge < -0.3 is 20.4 Å². The van der Waals surface area contributed by atoms with E-state index in [1.54, 1.807) is 39.0 Å². The second-order valence-corrected chi connectivity index (χ2v) is 7.21. The van der Waals surface area contributed by atoms with E-state index >= 15 is 0 Å². The summed E-state index contributed by atoms with van der Waals surface area (Å²) in [5.41, 5.74) is 1.13. The van der Waals surface area contributed by atoms with Crippen molar-refractivity contribution in [1.82, 2.24) is 14.7 Å². The van der Waals surface area contributed by atoms with E-state index in [0.29, 0.717) is 50.5 Å². The van der Waals surface area contributed by atoms with Crippen LogP contribution in [-0.4, -0.2) is 111 Å². The summed E-state index contributed by atoms with van der Waals surface area (Å²) in [5.74, 6) is -2.00. The number of carboxylic acids is 2. The molecule has 1 unspecified atom stereocenters. The lowest BCUT2D eigenvalue weighted by Crippen LogP contribution is -2.42. The van der Waals surface area contributed by atoms with Crippen LogP contribution in [0.15, 0.2) is 29.3 Å². The molecule has 0 saturated carbocycles. The summed E-state index contributed by atoms with van der Waals surface area (Å²) in [4.78, 5) is 32.4. The van der Waals surface area contributed by atoms with Crippen molar-refractivity contribution in [3.8, 4) is 0 Å². The fourth-order valence-electron chi connectivity index (χ4n) is 3.47. The summed E-state index contributed by atoms with van der Waals surface area (Å²) in [7, 11) is 0. The zero-order valence-electron chi connectivity index (χ0n) is 16.4. The molecular weight excluding hydrogens is 412 g/mol. The smallest absolute Gasteiger partial charge is 0.325 e. The Bertz CT molecular complexity index is 769. The molecule has 0 amide bonds. The molecule has 10 nitrogen and oxygen atoms in total. The molecule has 4 N–H and O–H groups in total. The van der Waals surface area contributed by atoms with Crippen LogP contribution in [-0.2, 0) is 9.59 Å². The van der Waals surface area contributed by atoms with E-state index in [9.17, 15) is 24.9 Å². The van der Waals surface area contributed by atoms with Gasteiger partial charge in [-0.1, -0.05) is 12.1 Å². The summed E-state index contributed by atoms with van der Waals surface area (Å²) in [6, 6.07) is 5.71. The third-order valence-corrected chi connectivity index (χ3v) is 4.99. The molecule has 0 spiro atoms. The number of isothiocyanates is 1. The number of hydrogen-bond acceptors (Lipinski definition) is 9. The Morgan fingerprint density at radius 2 is 1.57 bits per heavy atom. The number of aliphatic hydroxyl groups is 2. The van der Waals surface area contributed by atoms with E-state index in [-0.39, 0.29) is 13.1 Å². The quantitative estimate of drug-likeness (QED) is 0.247. The minimum Gasteiger partial charge on any atom is -0.480 e. The molecule has 1 atom stereocenters. The summed E-state index contributed by atoms with van der Waals surface area (Å²) >= 11 is 4.58. The topological polar surface area (TPSA) is 137 Å². The van der Waals surface area contributed by atoms with Crippen LogP contribution in [0.1, 0.15) is 11.6 Å². The zero-order valence-corrected chi connectivity index (χ0v) is 17.2. The van der Waals surface area contributed by atoms with Crippen molar-refractivity contribution in [3.05, 3.63) is 29.8 Å². The Hall–Kier alpha value is -2.24. The second kappa shape index (κ2) is 11.8. The van der Waals surface area contributed by atoms with Crippen LogP contribution in [0.5, 0.6) is 0 Å². The van der Waals surface area contributed by atoms with Crippen LogP contribution in [0.4, 0.5) is 5.69 Å². The number of aliphatic hydroxyl groups excluding tert-OH is 1. The Morgan fingerprint density at radius 1 is 1.00 bits per heavy atom. The molecule has 2 rings (SSSR count). The van der Waals surface area contributed by atoms with Crippen molar-refractivity contribution in [1.29, 1.82) is 0 Å². The predicted octanol–water partition coefficient (Wildman–Crippen LogP) is -0.138. The van der Waals surface area contributed by atoms with Gasteiger partial charge in [-0.2, -0.15) is 4.99 Å². The summed E-state index contributed by atoms with van der Waals surface area (Å²) in [5, 5.41) is 40.0. The highest BCUT2D eigenvalue weighted by molar-refractivity contribution is 7.78. The molecule has 1 aliphatic rings. The lowest BCUT2D eigenvalue weighted by atomic mass is 10.0. The number of carbonyl (C=O) groups is 2. The van der Waals surface area contributed by atoms with E-state index in [1.807, 2.05) is 0 Å². The third kappa shape index (κ3) is 7.54. The normalized spacial score (nSPS) is 18.1. The van der Waals surface area contributed by atoms with E-state index in [0.717, 1.165) is 0 Å². The van der Waals surface area contributed by atoms with Gasteiger partial charge in [-0.15, -0.1) is 0 Å². The molecule has 1 aromatic rings. The largest absolute Gasteiger partial charge is 0.480 e. The number of rotatable bonds is 8. The highest BCUT2D eigenvalue weighted by atomic mass is 32.1. The Labute approximate surface area is 179 Å². The van der Waals surface area contributed by atoms with Crippen LogP contribution in [0, 0.1) is 0 Å². The molecule has 1 heterocycles. The first-order chi connectivity index (χ1) is 14.3. The lowest BCUT2D eigenvalue weighted by Gasteiger charge is -2.31. The first-order valence-corrected chi connectivity index (χ1v) is 9.88. The van der Waals surface area contributed by atoms with Crippen molar-refractivity contribution < 1.29 is 30.0 Å². The molecule has 30 heavy (non-hydrogen) atoms. The Kier molecular flexibility index (Phi) is 9.47. The fraction of sp³-hybridized carbons (Fsp3) is 0.526. The SMILES string of the molecule is O=C(O)CN1CCN(CC(O)O)CCN(C(C(=O)O)c2ccc(N=C=S)cc2)CC1. The van der Waals surface area contributed by atoms with Crippen LogP contribution >= 0.6 is 12.2 Å². The molecule has 1 aromatic carbocycles. The van der Waals surface area contributed by atoms with Crippen molar-refractivity contribution >= 4 is 35.0 Å². The minimum atomic E-state index is -1.53. The molecule has 1 fully saturated rings. The number of aliphatic carboxylic acids is 2. The fourth-order valence-corrected chi connectivity index (χ4v) is 3.58. The van der Waals surface area contributed by atoms with Crippen molar-refractivity contribution in [2.24, 2.45) is 4.99 Å². The molecule has 0 bridgehead atoms. The van der Waals surface area contributed by atoms with E-state index in [2.05, 4.69) is 22.4 Å². The average molecular weight is 439 g/mol. The van der Waals surface area contributed by atoms with Gasteiger partial charge in [0.15, 0.2) is 6.29 Å². The van der Waals surface area contributed by atoms with Gasteiger partial charge in [0.1, 0.15) is 6.04 Å². The van der Waals surface area contributed by atoms with Crippen molar-refractivity contribution in [2.75, 3.05) is 52.4 Å². The van der Waals surface area contributed by atoms with Gasteiger partial charge in [0.25, 0.3) is 0 Å². The number of benzene rings is 1. The first-order valence-electron chi connectivity index (χ1n) is 9.47. The minimum absolute atomic E-state index is 0.00321. The van der Waals surface area contributed by atoms with Gasteiger partial charge in [0.05, 0.1) is 17.4 Å². The number of thiocarbonyl (C=S) groups is 1. The average Bonchev–Trinajstić information content (AvgIpc) is 2.75. The van der Waals surface area contributed by atoms with E-state index in [1.165, 1.54) is 0 Å². The van der Waals surface area contributed by atoms with Crippen LogP contribution in [0.2, 0.25) is 0 Å². The maximum Gasteiger partial charge on any atom is 0.325 e. The second-order valence-electron chi connectivity index (χ2n) is 7.02. The first kappa shape index (κ1) is 24.0. The van der Waals surface area contributed by atoms with Crippen LogP contribution < -0.4 is 0 Å². The summed E-state index contributed by atoms with van der Waals surface area (Å²) < 4.78 is 0. The maximum atomic E-state index is 12.1. The number of aliphatic imine (C=N–C) groups is 1. The highest BCUT2D eigenvalue weighted by Crippen LogP contribution is 2.24. The zero-order chi connectivity index (χ0) is 22.1. The molecule has 0 radical (unpaired) electrons. The number of hydrogen-bond donors (Lipinski definition) is 4. The number of nitrogens with zero attached hydrogens (tertiary/aromatic N) is 4. The van der Waals surface area contributed by atoms with Crippen molar-refractivity contribution in [2.45, 2.75) is 12.3 Å².